The Labute approximate surface area is 139 Å². The molecule has 0 saturated heterocycles. The molecule has 0 fully saturated rings. The number of aryl methyl sites for hydroxylation is 1. The molecule has 2 aromatic rings. The van der Waals surface area contributed by atoms with Gasteiger partial charge in [0.25, 0.3) is 0 Å². The average Bonchev–Trinajstić information content (AvgIpc) is 2.44. The summed E-state index contributed by atoms with van der Waals surface area (Å²) in [7, 11) is 1.50. The van der Waals surface area contributed by atoms with E-state index < -0.39 is 11.6 Å². The molecule has 0 saturated carbocycles. The van der Waals surface area contributed by atoms with Gasteiger partial charge in [0, 0.05) is 4.47 Å². The molecule has 0 bridgehead atoms. The lowest BCUT2D eigenvalue weighted by Gasteiger charge is -2.15. The summed E-state index contributed by atoms with van der Waals surface area (Å²) in [6.45, 7) is 3.65. The Bertz CT molecular complexity index is 727. The largest absolute Gasteiger partial charge is 0.496 e. The number of carbonyl (C=O) groups is 1. The van der Waals surface area contributed by atoms with E-state index in [1.54, 1.807) is 19.1 Å². The zero-order valence-electron chi connectivity index (χ0n) is 11.8. The Morgan fingerprint density at radius 2 is 1.86 bits per heavy atom. The summed E-state index contributed by atoms with van der Waals surface area (Å²) < 4.78 is 20.6. The third-order valence-electron chi connectivity index (χ3n) is 3.29. The van der Waals surface area contributed by atoms with Gasteiger partial charge in [-0.15, -0.1) is 0 Å². The van der Waals surface area contributed by atoms with Crippen molar-refractivity contribution in [2.24, 2.45) is 0 Å². The van der Waals surface area contributed by atoms with Crippen molar-refractivity contribution >= 4 is 37.6 Å². The van der Waals surface area contributed by atoms with Gasteiger partial charge in [-0.3, -0.25) is 4.79 Å². The van der Waals surface area contributed by atoms with E-state index in [9.17, 15) is 9.18 Å². The summed E-state index contributed by atoms with van der Waals surface area (Å²) in [6.07, 6.45) is 0. The fourth-order valence-electron chi connectivity index (χ4n) is 2.20. The maximum atomic E-state index is 14.2. The molecule has 0 aliphatic carbocycles. The molecule has 21 heavy (non-hydrogen) atoms. The topological polar surface area (TPSA) is 26.3 Å². The molecule has 0 aromatic heterocycles. The van der Waals surface area contributed by atoms with E-state index in [2.05, 4.69) is 31.9 Å². The predicted octanol–water partition coefficient (Wildman–Crippen LogP) is 5.21. The Morgan fingerprint density at radius 3 is 2.48 bits per heavy atom. The van der Waals surface area contributed by atoms with Gasteiger partial charge in [0.15, 0.2) is 5.78 Å². The highest BCUT2D eigenvalue weighted by Gasteiger charge is 2.24. The molecule has 0 aliphatic rings. The van der Waals surface area contributed by atoms with Gasteiger partial charge in [-0.2, -0.15) is 0 Å². The molecule has 0 atom stereocenters. The van der Waals surface area contributed by atoms with Gasteiger partial charge in [-0.25, -0.2) is 4.39 Å². The van der Waals surface area contributed by atoms with E-state index >= 15 is 0 Å². The first-order valence-electron chi connectivity index (χ1n) is 6.20. The van der Waals surface area contributed by atoms with E-state index in [1.165, 1.54) is 13.2 Å². The molecule has 0 heterocycles. The van der Waals surface area contributed by atoms with Crippen LogP contribution >= 0.6 is 31.9 Å². The van der Waals surface area contributed by atoms with E-state index in [0.717, 1.165) is 15.6 Å². The Morgan fingerprint density at radius 1 is 1.19 bits per heavy atom. The summed E-state index contributed by atoms with van der Waals surface area (Å²) in [5.41, 5.74) is 1.93. The van der Waals surface area contributed by atoms with Crippen molar-refractivity contribution in [3.63, 3.8) is 0 Å². The van der Waals surface area contributed by atoms with Crippen molar-refractivity contribution in [3.05, 3.63) is 61.3 Å². The number of hydrogen-bond acceptors (Lipinski definition) is 2. The molecule has 0 aliphatic heterocycles. The van der Waals surface area contributed by atoms with Gasteiger partial charge >= 0.3 is 0 Å². The molecule has 2 rings (SSSR count). The average molecular weight is 416 g/mol. The van der Waals surface area contributed by atoms with Crippen LogP contribution in [0, 0.1) is 19.7 Å². The van der Waals surface area contributed by atoms with Crippen LogP contribution in [0.25, 0.3) is 0 Å². The minimum atomic E-state index is -0.568. The Balaban J connectivity index is 2.72. The van der Waals surface area contributed by atoms with E-state index in [4.69, 9.17) is 4.74 Å². The van der Waals surface area contributed by atoms with Crippen LogP contribution in [-0.2, 0) is 0 Å². The number of benzene rings is 2. The minimum Gasteiger partial charge on any atom is -0.496 e. The van der Waals surface area contributed by atoms with Crippen LogP contribution < -0.4 is 4.74 Å². The molecule has 110 valence electrons. The second-order valence-corrected chi connectivity index (χ2v) is 6.35. The van der Waals surface area contributed by atoms with Crippen molar-refractivity contribution in [2.45, 2.75) is 13.8 Å². The van der Waals surface area contributed by atoms with Gasteiger partial charge in [0.1, 0.15) is 11.6 Å². The fourth-order valence-corrected chi connectivity index (χ4v) is 3.11. The molecule has 0 radical (unpaired) electrons. The number of carbonyl (C=O) groups excluding carboxylic acids is 1. The van der Waals surface area contributed by atoms with E-state index in [0.29, 0.717) is 11.3 Å². The first kappa shape index (κ1) is 16.2. The molecule has 0 N–H and O–H groups in total. The Hall–Kier alpha value is -1.20. The highest BCUT2D eigenvalue weighted by molar-refractivity contribution is 9.10. The summed E-state index contributed by atoms with van der Waals surface area (Å²) in [5, 5.41) is 0. The second kappa shape index (κ2) is 6.28. The van der Waals surface area contributed by atoms with Crippen LogP contribution in [0.3, 0.4) is 0 Å². The lowest BCUT2D eigenvalue weighted by atomic mass is 9.95. The molecule has 5 heteroatoms. The smallest absolute Gasteiger partial charge is 0.200 e. The molecule has 0 amide bonds. The van der Waals surface area contributed by atoms with E-state index in [1.807, 2.05) is 13.0 Å². The normalized spacial score (nSPS) is 10.6. The lowest BCUT2D eigenvalue weighted by molar-refractivity contribution is 0.103. The molecular formula is C16H13Br2FO2. The van der Waals surface area contributed by atoms with Crippen LogP contribution in [0.2, 0.25) is 0 Å². The quantitative estimate of drug-likeness (QED) is 0.643. The van der Waals surface area contributed by atoms with Crippen molar-refractivity contribution < 1.29 is 13.9 Å². The second-order valence-electron chi connectivity index (χ2n) is 4.64. The van der Waals surface area contributed by atoms with Crippen LogP contribution in [0.5, 0.6) is 5.75 Å². The van der Waals surface area contributed by atoms with Gasteiger partial charge in [0.2, 0.25) is 0 Å². The molecule has 2 aromatic carbocycles. The summed E-state index contributed by atoms with van der Waals surface area (Å²) >= 11 is 6.53. The number of ketones is 1. The predicted molar refractivity (Wildman–Crippen MR) is 87.7 cm³/mol. The van der Waals surface area contributed by atoms with Crippen molar-refractivity contribution in [1.82, 2.24) is 0 Å². The highest BCUT2D eigenvalue weighted by atomic mass is 79.9. The zero-order chi connectivity index (χ0) is 15.7. The number of halogens is 3. The SMILES string of the molecule is COc1c(C)cc(Br)c(C)c1C(=O)c1cccc(Br)c1F. The highest BCUT2D eigenvalue weighted by Crippen LogP contribution is 2.34. The molecule has 0 spiro atoms. The van der Waals surface area contributed by atoms with Crippen LogP contribution in [0.4, 0.5) is 4.39 Å². The third-order valence-corrected chi connectivity index (χ3v) is 4.73. The first-order valence-corrected chi connectivity index (χ1v) is 7.79. The Kier molecular flexibility index (Phi) is 4.84. The number of ether oxygens (including phenoxy) is 1. The van der Waals surface area contributed by atoms with Gasteiger partial charge in [-0.1, -0.05) is 22.0 Å². The maximum absolute atomic E-state index is 14.2. The maximum Gasteiger partial charge on any atom is 0.200 e. The van der Waals surface area contributed by atoms with Crippen molar-refractivity contribution in [3.8, 4) is 5.75 Å². The fraction of sp³-hybridized carbons (Fsp3) is 0.188. The molecular weight excluding hydrogens is 403 g/mol. The minimum absolute atomic E-state index is 0.0169. The van der Waals surface area contributed by atoms with Crippen LogP contribution in [-0.4, -0.2) is 12.9 Å². The lowest BCUT2D eigenvalue weighted by Crippen LogP contribution is -2.10. The standard InChI is InChI=1S/C16H13Br2FO2/c1-8-7-12(18)9(2)13(16(8)21-3)15(20)10-5-4-6-11(17)14(10)19/h4-7H,1-3H3. The summed E-state index contributed by atoms with van der Waals surface area (Å²) in [6, 6.07) is 6.54. The van der Waals surface area contributed by atoms with Gasteiger partial charge in [0.05, 0.1) is 22.7 Å². The van der Waals surface area contributed by atoms with Crippen molar-refractivity contribution in [1.29, 1.82) is 0 Å². The van der Waals surface area contributed by atoms with Gasteiger partial charge < -0.3 is 4.74 Å². The number of hydrogen-bond donors (Lipinski definition) is 0. The zero-order valence-corrected chi connectivity index (χ0v) is 14.9. The monoisotopic (exact) mass is 414 g/mol. The van der Waals surface area contributed by atoms with E-state index in [-0.39, 0.29) is 10.0 Å². The third kappa shape index (κ3) is 2.90. The molecule has 2 nitrogen and oxygen atoms in total. The van der Waals surface area contributed by atoms with Gasteiger partial charge in [-0.05, 0) is 59.1 Å². The molecule has 0 unspecified atom stereocenters. The van der Waals surface area contributed by atoms with Crippen LogP contribution in [0.15, 0.2) is 33.2 Å². The van der Waals surface area contributed by atoms with Crippen LogP contribution in [0.1, 0.15) is 27.0 Å². The summed E-state index contributed by atoms with van der Waals surface area (Å²) in [5.74, 6) is -0.491. The first-order chi connectivity index (χ1) is 9.88. The summed E-state index contributed by atoms with van der Waals surface area (Å²) in [4.78, 5) is 12.8. The van der Waals surface area contributed by atoms with Crippen molar-refractivity contribution in [2.75, 3.05) is 7.11 Å². The number of rotatable bonds is 3. The number of methoxy groups -OCH3 is 1.